The van der Waals surface area contributed by atoms with Gasteiger partial charge >= 0.3 is 0 Å². The molecule has 300 valence electrons. The molecule has 6 N–H and O–H groups in total. The number of benzene rings is 1. The number of nitrogens with one attached hydrogen (secondary N) is 3. The molecule has 4 atom stereocenters. The maximum absolute atomic E-state index is 14.8. The maximum Gasteiger partial charge on any atom is 0.287 e. The number of carbonyl (C=O) groups excluding carboxylic acids is 5. The van der Waals surface area contributed by atoms with Gasteiger partial charge in [-0.1, -0.05) is 37.3 Å². The van der Waals surface area contributed by atoms with E-state index in [1.165, 1.54) is 40.0 Å². The molecule has 1 aromatic heterocycles. The van der Waals surface area contributed by atoms with Crippen molar-refractivity contribution in [3.8, 4) is 0 Å². The van der Waals surface area contributed by atoms with Gasteiger partial charge in [-0.3, -0.25) is 24.0 Å². The van der Waals surface area contributed by atoms with Crippen LogP contribution in [0.4, 0.5) is 0 Å². The van der Waals surface area contributed by atoms with Crippen molar-refractivity contribution in [2.45, 2.75) is 131 Å². The first-order valence-electron chi connectivity index (χ1n) is 19.2. The van der Waals surface area contributed by atoms with E-state index in [-0.39, 0.29) is 54.8 Å². The summed E-state index contributed by atoms with van der Waals surface area (Å²) in [4.78, 5) is 70.0. The first-order chi connectivity index (χ1) is 26.1. The molecule has 4 fully saturated rings. The van der Waals surface area contributed by atoms with E-state index in [0.29, 0.717) is 25.1 Å². The third kappa shape index (κ3) is 9.41. The lowest BCUT2D eigenvalue weighted by Crippen LogP contribution is -2.62. The zero-order valence-corrected chi connectivity index (χ0v) is 32.2. The summed E-state index contributed by atoms with van der Waals surface area (Å²) < 4.78 is 35.1. The lowest BCUT2D eigenvalue weighted by Gasteiger charge is -2.35. The van der Waals surface area contributed by atoms with Crippen LogP contribution in [0.1, 0.15) is 113 Å². The van der Waals surface area contributed by atoms with Crippen molar-refractivity contribution in [1.82, 2.24) is 35.2 Å². The number of carbonyl (C=O) groups is 5. The SMILES string of the molecule is CC(C)(O)c1cnnn1[C@H]1C[C@@H](C(=O)N[C@]2(C(=O)C(N)=O)CCCOCC2)N(C(=O)C(CC2CCCCC2)NC(=O)c2ccc(S(=O)(=O)NC3CC3)cc2)C1. The first kappa shape index (κ1) is 40.4. The summed E-state index contributed by atoms with van der Waals surface area (Å²) in [6.07, 6.45) is 8.53. The minimum Gasteiger partial charge on any atom is -0.384 e. The van der Waals surface area contributed by atoms with Gasteiger partial charge in [0.25, 0.3) is 11.8 Å². The van der Waals surface area contributed by atoms with E-state index in [2.05, 4.69) is 25.7 Å². The fourth-order valence-corrected chi connectivity index (χ4v) is 9.35. The van der Waals surface area contributed by atoms with Crippen LogP contribution in [0.15, 0.2) is 35.4 Å². The predicted octanol–water partition coefficient (Wildman–Crippen LogP) is 0.967. The number of ketones is 1. The Morgan fingerprint density at radius 2 is 1.73 bits per heavy atom. The van der Waals surface area contributed by atoms with Crippen LogP contribution in [0.3, 0.4) is 0 Å². The van der Waals surface area contributed by atoms with Crippen LogP contribution in [-0.4, -0.2) is 106 Å². The molecule has 2 aromatic rings. The van der Waals surface area contributed by atoms with Crippen LogP contribution in [0, 0.1) is 5.92 Å². The topological polar surface area (TPSA) is 245 Å². The summed E-state index contributed by atoms with van der Waals surface area (Å²) in [5.41, 5.74) is 2.97. The molecule has 2 saturated heterocycles. The molecule has 1 aromatic carbocycles. The zero-order chi connectivity index (χ0) is 39.5. The number of likely N-dealkylation sites (tertiary alicyclic amines) is 1. The molecule has 55 heavy (non-hydrogen) atoms. The minimum atomic E-state index is -3.75. The highest BCUT2D eigenvalue weighted by molar-refractivity contribution is 7.89. The van der Waals surface area contributed by atoms with Gasteiger partial charge in [0, 0.05) is 44.2 Å². The molecule has 3 heterocycles. The molecular weight excluding hydrogens is 733 g/mol. The second kappa shape index (κ2) is 16.5. The molecule has 6 rings (SSSR count). The Morgan fingerprint density at radius 3 is 2.38 bits per heavy atom. The third-order valence-corrected chi connectivity index (χ3v) is 12.8. The average Bonchev–Trinajstić information content (AvgIpc) is 3.68. The normalized spacial score (nSPS) is 24.5. The molecule has 18 heteroatoms. The number of nitrogens with two attached hydrogens (primary N) is 1. The van der Waals surface area contributed by atoms with E-state index >= 15 is 0 Å². The molecular formula is C37H52N8O9S. The van der Waals surface area contributed by atoms with Crippen molar-refractivity contribution in [3.05, 3.63) is 41.7 Å². The zero-order valence-electron chi connectivity index (χ0n) is 31.4. The predicted molar refractivity (Wildman–Crippen MR) is 196 cm³/mol. The lowest BCUT2D eigenvalue weighted by atomic mass is 9.84. The van der Waals surface area contributed by atoms with Gasteiger partial charge < -0.3 is 31.1 Å². The fraction of sp³-hybridized carbons (Fsp3) is 0.649. The second-order valence-electron chi connectivity index (χ2n) is 15.9. The smallest absolute Gasteiger partial charge is 0.287 e. The van der Waals surface area contributed by atoms with Crippen LogP contribution < -0.4 is 21.1 Å². The average molecular weight is 785 g/mol. The number of aliphatic hydroxyl groups is 1. The summed E-state index contributed by atoms with van der Waals surface area (Å²) in [7, 11) is -3.75. The number of aromatic nitrogens is 3. The number of ether oxygens (including phenoxy) is 1. The van der Waals surface area contributed by atoms with Gasteiger partial charge in [0.15, 0.2) is 0 Å². The molecule has 4 aliphatic rings. The number of nitrogens with zero attached hydrogens (tertiary/aromatic N) is 4. The summed E-state index contributed by atoms with van der Waals surface area (Å²) >= 11 is 0. The molecule has 2 saturated carbocycles. The van der Waals surface area contributed by atoms with Crippen LogP contribution in [0.25, 0.3) is 0 Å². The van der Waals surface area contributed by atoms with Gasteiger partial charge in [0.05, 0.1) is 22.8 Å². The summed E-state index contributed by atoms with van der Waals surface area (Å²) in [6, 6.07) is 2.54. The van der Waals surface area contributed by atoms with Crippen molar-refractivity contribution >= 4 is 39.4 Å². The summed E-state index contributed by atoms with van der Waals surface area (Å²) in [5, 5.41) is 24.8. The molecule has 0 bridgehead atoms. The van der Waals surface area contributed by atoms with Gasteiger partial charge in [0.2, 0.25) is 27.6 Å². The Bertz CT molecular complexity index is 1860. The largest absolute Gasteiger partial charge is 0.384 e. The number of Topliss-reactive ketones (excluding diaryl/α,β-unsaturated/α-hetero) is 1. The molecule has 0 radical (unpaired) electrons. The number of sulfonamides is 1. The standard InChI is InChI=1S/C37H52N8O9S/c1-36(2,51)30-21-39-43-45(30)26-20-29(34(49)41-37(31(46)32(38)47)15-6-17-54-18-16-37)44(22-26)35(50)28(19-23-7-4-3-5-8-23)40-33(48)24-9-13-27(14-10-24)55(52,53)42-25-11-12-25/h9-10,13-14,21,23,25-26,28-29,42,51H,3-8,11-12,15-20,22H2,1-2H3,(H2,38,47)(H,40,48)(H,41,49)/t26-,28?,29-,37+/m0/s1. The van der Waals surface area contributed by atoms with Crippen molar-refractivity contribution < 1.29 is 42.2 Å². The van der Waals surface area contributed by atoms with Gasteiger partial charge in [-0.15, -0.1) is 5.10 Å². The minimum absolute atomic E-state index is 0.00757. The molecule has 0 spiro atoms. The Kier molecular flexibility index (Phi) is 12.1. The van der Waals surface area contributed by atoms with Gasteiger partial charge in [0.1, 0.15) is 23.2 Å². The van der Waals surface area contributed by atoms with Crippen molar-refractivity contribution in [1.29, 1.82) is 0 Å². The van der Waals surface area contributed by atoms with E-state index in [0.717, 1.165) is 44.9 Å². The van der Waals surface area contributed by atoms with Crippen LogP contribution in [0.5, 0.6) is 0 Å². The number of hydrogen-bond acceptors (Lipinski definition) is 11. The van der Waals surface area contributed by atoms with Gasteiger partial charge in [-0.25, -0.2) is 17.8 Å². The van der Waals surface area contributed by atoms with E-state index in [1.807, 2.05) is 0 Å². The monoisotopic (exact) mass is 784 g/mol. The Labute approximate surface area is 320 Å². The van der Waals surface area contributed by atoms with E-state index in [4.69, 9.17) is 10.5 Å². The summed E-state index contributed by atoms with van der Waals surface area (Å²) in [6.45, 7) is 3.52. The Hall–Kier alpha value is -4.26. The van der Waals surface area contributed by atoms with E-state index < -0.39 is 68.7 Å². The molecule has 2 aliphatic carbocycles. The Morgan fingerprint density at radius 1 is 1.02 bits per heavy atom. The van der Waals surface area contributed by atoms with Crippen molar-refractivity contribution in [2.24, 2.45) is 11.7 Å². The fourth-order valence-electron chi connectivity index (χ4n) is 8.04. The number of primary amides is 1. The van der Waals surface area contributed by atoms with Crippen molar-refractivity contribution in [3.63, 3.8) is 0 Å². The quantitative estimate of drug-likeness (QED) is 0.169. The van der Waals surface area contributed by atoms with Crippen LogP contribution in [-0.2, 0) is 39.5 Å². The molecule has 1 unspecified atom stereocenters. The second-order valence-corrected chi connectivity index (χ2v) is 17.6. The van der Waals surface area contributed by atoms with Gasteiger partial charge in [-0.05, 0) is 76.1 Å². The third-order valence-electron chi connectivity index (χ3n) is 11.2. The lowest BCUT2D eigenvalue weighted by molar-refractivity contribution is -0.145. The highest BCUT2D eigenvalue weighted by Crippen LogP contribution is 2.34. The molecule has 4 amide bonds. The number of hydrogen-bond donors (Lipinski definition) is 5. The Balaban J connectivity index is 1.30. The van der Waals surface area contributed by atoms with Crippen LogP contribution >= 0.6 is 0 Å². The maximum atomic E-state index is 14.8. The molecule has 2 aliphatic heterocycles. The van der Waals surface area contributed by atoms with Gasteiger partial charge in [-0.2, -0.15) is 0 Å². The first-order valence-corrected chi connectivity index (χ1v) is 20.7. The highest BCUT2D eigenvalue weighted by atomic mass is 32.2. The van der Waals surface area contributed by atoms with E-state index in [1.54, 1.807) is 13.8 Å². The summed E-state index contributed by atoms with van der Waals surface area (Å²) in [5.74, 6) is -3.83. The highest BCUT2D eigenvalue weighted by Gasteiger charge is 2.49. The number of amides is 4. The van der Waals surface area contributed by atoms with Crippen molar-refractivity contribution in [2.75, 3.05) is 19.8 Å². The molecule has 17 nitrogen and oxygen atoms in total. The number of rotatable bonds is 14. The van der Waals surface area contributed by atoms with E-state index in [9.17, 15) is 37.5 Å². The van der Waals surface area contributed by atoms with Crippen LogP contribution in [0.2, 0.25) is 0 Å².